The van der Waals surface area contributed by atoms with E-state index in [1.54, 1.807) is 6.20 Å². The van der Waals surface area contributed by atoms with Gasteiger partial charge < -0.3 is 10.4 Å². The Balaban J connectivity index is 1.47. The molecule has 42 heavy (non-hydrogen) atoms. The molecule has 5 aromatic rings. The number of nitrogens with zero attached hydrogens (tertiary/aromatic N) is 5. The molecule has 0 saturated carbocycles. The number of unbranched alkanes of at least 4 members (excludes halogenated alkanes) is 1. The van der Waals surface area contributed by atoms with Crippen molar-refractivity contribution in [3.8, 4) is 22.3 Å². The smallest absolute Gasteiger partial charge is 0.275 e. The zero-order chi connectivity index (χ0) is 29.5. The topological polar surface area (TPSA) is 134 Å². The molecule has 10 heteroatoms. The summed E-state index contributed by atoms with van der Waals surface area (Å²) in [5, 5.41) is 12.7. The molecule has 2 aromatic heterocycles. The molecule has 0 aliphatic carbocycles. The van der Waals surface area contributed by atoms with Crippen molar-refractivity contribution >= 4 is 28.2 Å². The highest BCUT2D eigenvalue weighted by molar-refractivity contribution is 7.13. The van der Waals surface area contributed by atoms with Gasteiger partial charge in [0.1, 0.15) is 11.5 Å². The average molecular weight is 577 g/mol. The first-order valence-electron chi connectivity index (χ1n) is 13.7. The molecule has 0 unspecified atom stereocenters. The molecule has 0 bridgehead atoms. The van der Waals surface area contributed by atoms with Crippen molar-refractivity contribution in [1.82, 2.24) is 14.5 Å². The largest absolute Gasteiger partial charge is 0.321 e. The van der Waals surface area contributed by atoms with Crippen LogP contribution in [0.3, 0.4) is 0 Å². The lowest BCUT2D eigenvalue weighted by Gasteiger charge is -2.14. The molecular formula is C32H32N8OS. The summed E-state index contributed by atoms with van der Waals surface area (Å²) in [5.74, 6) is 6.37. The fraction of sp³-hybridized carbons (Fsp3) is 0.188. The first-order valence-corrected chi connectivity index (χ1v) is 14.6. The van der Waals surface area contributed by atoms with Gasteiger partial charge in [-0.05, 0) is 53.3 Å². The number of amidine groups is 1. The van der Waals surface area contributed by atoms with Crippen LogP contribution in [0.4, 0.5) is 5.13 Å². The van der Waals surface area contributed by atoms with Gasteiger partial charge in [-0.3, -0.25) is 10.1 Å². The maximum absolute atomic E-state index is 13.2. The van der Waals surface area contributed by atoms with E-state index in [0.717, 1.165) is 58.6 Å². The van der Waals surface area contributed by atoms with E-state index < -0.39 is 0 Å². The number of nitrogens with two attached hydrogens (primary N) is 1. The summed E-state index contributed by atoms with van der Waals surface area (Å²) in [6.45, 7) is 4.53. The summed E-state index contributed by atoms with van der Waals surface area (Å²) in [7, 11) is 0. The van der Waals surface area contributed by atoms with Gasteiger partial charge in [-0.15, -0.1) is 16.5 Å². The van der Waals surface area contributed by atoms with Crippen LogP contribution in [0.15, 0.2) is 94.6 Å². The number of nitrogens with one attached hydrogen (secondary N) is 2. The fourth-order valence-electron chi connectivity index (χ4n) is 4.80. The van der Waals surface area contributed by atoms with E-state index in [9.17, 15) is 4.79 Å². The van der Waals surface area contributed by atoms with E-state index in [0.29, 0.717) is 22.9 Å². The molecule has 0 atom stereocenters. The number of hydrazone groups is 1. The summed E-state index contributed by atoms with van der Waals surface area (Å²) in [4.78, 5) is 22.2. The van der Waals surface area contributed by atoms with Gasteiger partial charge in [0.05, 0.1) is 11.9 Å². The van der Waals surface area contributed by atoms with Crippen LogP contribution in [0.2, 0.25) is 0 Å². The number of rotatable bonds is 10. The minimum Gasteiger partial charge on any atom is -0.321 e. The minimum atomic E-state index is -0.230. The monoisotopic (exact) mass is 576 g/mol. The molecule has 1 amide bonds. The van der Waals surface area contributed by atoms with E-state index in [2.05, 4.69) is 50.6 Å². The van der Waals surface area contributed by atoms with Crippen molar-refractivity contribution < 1.29 is 4.79 Å². The van der Waals surface area contributed by atoms with Crippen LogP contribution in [-0.2, 0) is 13.0 Å². The normalized spacial score (nSPS) is 11.4. The van der Waals surface area contributed by atoms with Crippen molar-refractivity contribution in [2.24, 2.45) is 16.1 Å². The Morgan fingerprint density at radius 1 is 1.05 bits per heavy atom. The Kier molecular flexibility index (Phi) is 8.93. The average Bonchev–Trinajstić information content (AvgIpc) is 3.62. The lowest BCUT2D eigenvalue weighted by atomic mass is 9.93. The minimum absolute atomic E-state index is 0.152. The van der Waals surface area contributed by atoms with E-state index in [1.165, 1.54) is 11.3 Å². The van der Waals surface area contributed by atoms with Gasteiger partial charge in [0.15, 0.2) is 11.0 Å². The lowest BCUT2D eigenvalue weighted by Crippen LogP contribution is -2.19. The highest BCUT2D eigenvalue weighted by atomic mass is 32.1. The molecule has 0 saturated heterocycles. The van der Waals surface area contributed by atoms with E-state index in [-0.39, 0.29) is 11.7 Å². The molecule has 9 nitrogen and oxygen atoms in total. The molecule has 0 aliphatic rings. The van der Waals surface area contributed by atoms with Gasteiger partial charge in [-0.2, -0.15) is 5.10 Å². The molecule has 2 heterocycles. The van der Waals surface area contributed by atoms with Crippen LogP contribution >= 0.6 is 11.3 Å². The highest BCUT2D eigenvalue weighted by Crippen LogP contribution is 2.31. The SMILES string of the molecule is CCCCc1ncc(C(=O)Nc2nc(C)cs2)n1Cc1ccc(-c2cc(-c3ccccc3)ccc2C(N=N)=NN)cc1. The van der Waals surface area contributed by atoms with Gasteiger partial charge in [-0.25, -0.2) is 15.5 Å². The van der Waals surface area contributed by atoms with E-state index in [4.69, 9.17) is 11.4 Å². The zero-order valence-corrected chi connectivity index (χ0v) is 24.4. The first-order chi connectivity index (χ1) is 20.5. The maximum Gasteiger partial charge on any atom is 0.275 e. The highest BCUT2D eigenvalue weighted by Gasteiger charge is 2.19. The number of hydrogen-bond acceptors (Lipinski definition) is 7. The summed E-state index contributed by atoms with van der Waals surface area (Å²) in [6, 6.07) is 24.2. The van der Waals surface area contributed by atoms with Crippen LogP contribution < -0.4 is 11.2 Å². The number of anilines is 1. The summed E-state index contributed by atoms with van der Waals surface area (Å²) < 4.78 is 1.99. The molecular weight excluding hydrogens is 544 g/mol. The van der Waals surface area contributed by atoms with Gasteiger partial charge in [-0.1, -0.05) is 74.0 Å². The Labute approximate surface area is 248 Å². The number of aromatic nitrogens is 3. The molecule has 0 radical (unpaired) electrons. The predicted octanol–water partition coefficient (Wildman–Crippen LogP) is 7.28. The molecule has 5 rings (SSSR count). The van der Waals surface area contributed by atoms with Gasteiger partial charge in [0.25, 0.3) is 5.91 Å². The van der Waals surface area contributed by atoms with Crippen molar-refractivity contribution in [3.05, 3.63) is 113 Å². The van der Waals surface area contributed by atoms with Crippen LogP contribution in [0.25, 0.3) is 22.3 Å². The van der Waals surface area contributed by atoms with Crippen molar-refractivity contribution in [2.75, 3.05) is 5.32 Å². The number of thiazole rings is 1. The maximum atomic E-state index is 13.2. The van der Waals surface area contributed by atoms with Crippen LogP contribution in [-0.4, -0.2) is 26.3 Å². The Morgan fingerprint density at radius 3 is 2.48 bits per heavy atom. The third-order valence-corrected chi connectivity index (χ3v) is 7.84. The van der Waals surface area contributed by atoms with E-state index in [1.807, 2.05) is 71.5 Å². The van der Waals surface area contributed by atoms with Crippen molar-refractivity contribution in [1.29, 1.82) is 5.53 Å². The molecule has 212 valence electrons. The summed E-state index contributed by atoms with van der Waals surface area (Å²) in [5.41, 5.74) is 14.6. The molecule has 3 aromatic carbocycles. The predicted molar refractivity (Wildman–Crippen MR) is 168 cm³/mol. The summed E-state index contributed by atoms with van der Waals surface area (Å²) in [6.07, 6.45) is 4.44. The van der Waals surface area contributed by atoms with Crippen LogP contribution in [0.5, 0.6) is 0 Å². The number of hydrogen-bond donors (Lipinski definition) is 3. The molecule has 4 N–H and O–H groups in total. The quantitative estimate of drug-likeness (QED) is 0.0529. The first kappa shape index (κ1) is 28.6. The number of amides is 1. The third-order valence-electron chi connectivity index (χ3n) is 6.97. The van der Waals surface area contributed by atoms with E-state index >= 15 is 0 Å². The van der Waals surface area contributed by atoms with Crippen molar-refractivity contribution in [3.63, 3.8) is 0 Å². The van der Waals surface area contributed by atoms with Crippen LogP contribution in [0, 0.1) is 12.5 Å². The van der Waals surface area contributed by atoms with Gasteiger partial charge in [0, 0.05) is 23.9 Å². The second-order valence-electron chi connectivity index (χ2n) is 9.89. The number of aryl methyl sites for hydroxylation is 2. The second kappa shape index (κ2) is 13.1. The Bertz CT molecular complexity index is 1720. The molecule has 0 fully saturated rings. The third kappa shape index (κ3) is 6.34. The number of carbonyl (C=O) groups excluding carboxylic acids is 1. The number of imidazole rings is 1. The lowest BCUT2D eigenvalue weighted by molar-refractivity contribution is 0.101. The Hall–Kier alpha value is -4.96. The van der Waals surface area contributed by atoms with Gasteiger partial charge in [0.2, 0.25) is 0 Å². The standard InChI is InChI=1S/C32H32N8OS/c1-3-4-10-29-35-18-28(31(41)37-32-36-21(2)20-42-32)40(29)19-22-11-13-24(14-12-22)27-17-25(23-8-6-5-7-9-23)15-16-26(27)30(38-33)39-34/h5-9,11-18,20,33H,3-4,10,19,34H2,1-2H3,(H,36,37,41). The van der Waals surface area contributed by atoms with Gasteiger partial charge >= 0.3 is 0 Å². The number of carbonyl (C=O) groups is 1. The Morgan fingerprint density at radius 2 is 1.81 bits per heavy atom. The molecule has 0 aliphatic heterocycles. The fourth-order valence-corrected chi connectivity index (χ4v) is 5.48. The van der Waals surface area contributed by atoms with Crippen molar-refractivity contribution in [2.45, 2.75) is 39.7 Å². The summed E-state index contributed by atoms with van der Waals surface area (Å²) >= 11 is 1.40. The zero-order valence-electron chi connectivity index (χ0n) is 23.5. The van der Waals surface area contributed by atoms with Crippen LogP contribution in [0.1, 0.15) is 52.9 Å². The second-order valence-corrected chi connectivity index (χ2v) is 10.7. The number of benzene rings is 3. The molecule has 0 spiro atoms.